The monoisotopic (exact) mass is 348 g/mol. The van der Waals surface area contributed by atoms with Gasteiger partial charge in [-0.05, 0) is 62.7 Å². The SMILES string of the molecule is COc1cc(CN2CCC(C(=O)N3CCCC3)CC2)ccc1SC. The van der Waals surface area contributed by atoms with Gasteiger partial charge in [-0.1, -0.05) is 6.07 Å². The number of methoxy groups -OCH3 is 1. The number of rotatable bonds is 5. The van der Waals surface area contributed by atoms with Crippen LogP contribution in [0.25, 0.3) is 0 Å². The number of nitrogens with zero attached hydrogens (tertiary/aromatic N) is 2. The van der Waals surface area contributed by atoms with Gasteiger partial charge in [-0.2, -0.15) is 0 Å². The molecule has 0 unspecified atom stereocenters. The van der Waals surface area contributed by atoms with Crippen LogP contribution in [0.15, 0.2) is 23.1 Å². The highest BCUT2D eigenvalue weighted by atomic mass is 32.2. The van der Waals surface area contributed by atoms with Crippen LogP contribution in [0.3, 0.4) is 0 Å². The fourth-order valence-electron chi connectivity index (χ4n) is 3.77. The number of ether oxygens (including phenoxy) is 1. The summed E-state index contributed by atoms with van der Waals surface area (Å²) in [5, 5.41) is 0. The van der Waals surface area contributed by atoms with E-state index in [1.807, 2.05) is 0 Å². The lowest BCUT2D eigenvalue weighted by Crippen LogP contribution is -2.41. The molecule has 0 aromatic heterocycles. The van der Waals surface area contributed by atoms with E-state index in [-0.39, 0.29) is 5.92 Å². The van der Waals surface area contributed by atoms with E-state index < -0.39 is 0 Å². The van der Waals surface area contributed by atoms with E-state index in [9.17, 15) is 4.79 Å². The number of benzene rings is 1. The average molecular weight is 349 g/mol. The van der Waals surface area contributed by atoms with Gasteiger partial charge in [-0.25, -0.2) is 0 Å². The molecule has 1 amide bonds. The third-order valence-corrected chi connectivity index (χ3v) is 5.99. The Labute approximate surface area is 149 Å². The summed E-state index contributed by atoms with van der Waals surface area (Å²) >= 11 is 1.71. The van der Waals surface area contributed by atoms with E-state index in [2.05, 4.69) is 34.3 Å². The predicted octanol–water partition coefficient (Wildman–Crippen LogP) is 3.25. The van der Waals surface area contributed by atoms with Crippen molar-refractivity contribution in [3.05, 3.63) is 23.8 Å². The Kier molecular flexibility index (Phi) is 6.06. The summed E-state index contributed by atoms with van der Waals surface area (Å²) in [6, 6.07) is 6.48. The van der Waals surface area contributed by atoms with Crippen molar-refractivity contribution < 1.29 is 9.53 Å². The fraction of sp³-hybridized carbons (Fsp3) is 0.632. The minimum Gasteiger partial charge on any atom is -0.496 e. The van der Waals surface area contributed by atoms with Crippen LogP contribution in [-0.2, 0) is 11.3 Å². The van der Waals surface area contributed by atoms with E-state index in [4.69, 9.17) is 4.74 Å². The van der Waals surface area contributed by atoms with Crippen molar-refractivity contribution in [3.63, 3.8) is 0 Å². The Balaban J connectivity index is 1.52. The summed E-state index contributed by atoms with van der Waals surface area (Å²) in [5.41, 5.74) is 1.29. The van der Waals surface area contributed by atoms with E-state index in [1.165, 1.54) is 23.3 Å². The quantitative estimate of drug-likeness (QED) is 0.765. The van der Waals surface area contributed by atoms with Crippen LogP contribution in [0, 0.1) is 5.92 Å². The molecule has 2 aliphatic heterocycles. The molecule has 1 aromatic carbocycles. The van der Waals surface area contributed by atoms with Gasteiger partial charge in [-0.15, -0.1) is 11.8 Å². The summed E-state index contributed by atoms with van der Waals surface area (Å²) in [7, 11) is 1.73. The highest BCUT2D eigenvalue weighted by Crippen LogP contribution is 2.29. The second-order valence-corrected chi connectivity index (χ2v) is 7.62. The van der Waals surface area contributed by atoms with Gasteiger partial charge in [0.25, 0.3) is 0 Å². The second kappa shape index (κ2) is 8.26. The standard InChI is InChI=1S/C19H28N2O2S/c1-23-17-13-15(5-6-18(17)24-2)14-20-11-7-16(8-12-20)19(22)21-9-3-4-10-21/h5-6,13,16H,3-4,7-12,14H2,1-2H3. The number of carbonyl (C=O) groups excluding carboxylic acids is 1. The van der Waals surface area contributed by atoms with Crippen LogP contribution in [0.1, 0.15) is 31.2 Å². The maximum atomic E-state index is 12.5. The largest absolute Gasteiger partial charge is 0.496 e. The molecular formula is C19H28N2O2S. The van der Waals surface area contributed by atoms with Crippen molar-refractivity contribution in [3.8, 4) is 5.75 Å². The van der Waals surface area contributed by atoms with Crippen LogP contribution >= 0.6 is 11.8 Å². The molecule has 0 spiro atoms. The molecule has 0 aliphatic carbocycles. The van der Waals surface area contributed by atoms with Crippen LogP contribution < -0.4 is 4.74 Å². The fourth-order valence-corrected chi connectivity index (χ4v) is 4.32. The molecule has 2 aliphatic rings. The number of piperidine rings is 1. The number of carbonyl (C=O) groups is 1. The normalized spacial score (nSPS) is 19.7. The van der Waals surface area contributed by atoms with E-state index in [0.29, 0.717) is 5.91 Å². The number of amides is 1. The second-order valence-electron chi connectivity index (χ2n) is 6.77. The van der Waals surface area contributed by atoms with E-state index in [1.54, 1.807) is 18.9 Å². The first-order chi connectivity index (χ1) is 11.7. The lowest BCUT2D eigenvalue weighted by molar-refractivity contribution is -0.136. The number of thioether (sulfide) groups is 1. The topological polar surface area (TPSA) is 32.8 Å². The lowest BCUT2D eigenvalue weighted by atomic mass is 9.95. The van der Waals surface area contributed by atoms with E-state index in [0.717, 1.165) is 51.3 Å². The zero-order valence-corrected chi connectivity index (χ0v) is 15.6. The van der Waals surface area contributed by atoms with Crippen molar-refractivity contribution in [2.24, 2.45) is 5.92 Å². The smallest absolute Gasteiger partial charge is 0.225 e. The average Bonchev–Trinajstić information content (AvgIpc) is 3.16. The molecular weight excluding hydrogens is 320 g/mol. The molecule has 4 nitrogen and oxygen atoms in total. The summed E-state index contributed by atoms with van der Waals surface area (Å²) in [6.07, 6.45) is 6.42. The first-order valence-corrected chi connectivity index (χ1v) is 10.2. The van der Waals surface area contributed by atoms with Crippen LogP contribution in [0.5, 0.6) is 5.75 Å². The van der Waals surface area contributed by atoms with Gasteiger partial charge >= 0.3 is 0 Å². The summed E-state index contributed by atoms with van der Waals surface area (Å²) in [6.45, 7) is 4.91. The Hall–Kier alpha value is -1.20. The van der Waals surface area contributed by atoms with Crippen molar-refractivity contribution >= 4 is 17.7 Å². The van der Waals surface area contributed by atoms with Crippen LogP contribution in [0.4, 0.5) is 0 Å². The molecule has 0 atom stereocenters. The first-order valence-electron chi connectivity index (χ1n) is 8.93. The van der Waals surface area contributed by atoms with Gasteiger partial charge in [0.05, 0.1) is 7.11 Å². The molecule has 2 heterocycles. The number of likely N-dealkylation sites (tertiary alicyclic amines) is 2. The molecule has 3 rings (SSSR count). The maximum absolute atomic E-state index is 12.5. The maximum Gasteiger partial charge on any atom is 0.225 e. The van der Waals surface area contributed by atoms with Crippen molar-refractivity contribution in [2.75, 3.05) is 39.5 Å². The zero-order valence-electron chi connectivity index (χ0n) is 14.8. The molecule has 2 saturated heterocycles. The molecule has 5 heteroatoms. The van der Waals surface area contributed by atoms with Gasteiger partial charge in [0.15, 0.2) is 0 Å². The Morgan fingerprint density at radius 1 is 1.21 bits per heavy atom. The van der Waals surface area contributed by atoms with Gasteiger partial charge in [-0.3, -0.25) is 9.69 Å². The van der Waals surface area contributed by atoms with Gasteiger partial charge in [0, 0.05) is 30.4 Å². The summed E-state index contributed by atoms with van der Waals surface area (Å²) < 4.78 is 5.48. The van der Waals surface area contributed by atoms with Crippen LogP contribution in [0.2, 0.25) is 0 Å². The summed E-state index contributed by atoms with van der Waals surface area (Å²) in [4.78, 5) is 18.2. The third kappa shape index (κ3) is 4.06. The Morgan fingerprint density at radius 2 is 1.92 bits per heavy atom. The van der Waals surface area contributed by atoms with Crippen molar-refractivity contribution in [2.45, 2.75) is 37.1 Å². The zero-order chi connectivity index (χ0) is 16.9. The van der Waals surface area contributed by atoms with Crippen molar-refractivity contribution in [1.82, 2.24) is 9.80 Å². The van der Waals surface area contributed by atoms with Gasteiger partial charge in [0.1, 0.15) is 5.75 Å². The highest BCUT2D eigenvalue weighted by molar-refractivity contribution is 7.98. The minimum atomic E-state index is 0.243. The van der Waals surface area contributed by atoms with E-state index >= 15 is 0 Å². The minimum absolute atomic E-state index is 0.243. The summed E-state index contributed by atoms with van der Waals surface area (Å²) in [5.74, 6) is 1.60. The highest BCUT2D eigenvalue weighted by Gasteiger charge is 2.29. The molecule has 2 fully saturated rings. The Bertz CT molecular complexity index is 564. The van der Waals surface area contributed by atoms with Gasteiger partial charge in [0.2, 0.25) is 5.91 Å². The number of hydrogen-bond acceptors (Lipinski definition) is 4. The molecule has 0 N–H and O–H groups in total. The lowest BCUT2D eigenvalue weighted by Gasteiger charge is -2.33. The molecule has 0 bridgehead atoms. The van der Waals surface area contributed by atoms with Crippen LogP contribution in [-0.4, -0.2) is 55.3 Å². The molecule has 1 aromatic rings. The molecule has 132 valence electrons. The third-order valence-electron chi connectivity index (χ3n) is 5.21. The predicted molar refractivity (Wildman–Crippen MR) is 98.6 cm³/mol. The first kappa shape index (κ1) is 17.6. The van der Waals surface area contributed by atoms with Crippen molar-refractivity contribution in [1.29, 1.82) is 0 Å². The molecule has 24 heavy (non-hydrogen) atoms. The number of hydrogen-bond donors (Lipinski definition) is 0. The van der Waals surface area contributed by atoms with Gasteiger partial charge < -0.3 is 9.64 Å². The Morgan fingerprint density at radius 3 is 2.54 bits per heavy atom. The molecule has 0 radical (unpaired) electrons. The molecule has 0 saturated carbocycles.